The summed E-state index contributed by atoms with van der Waals surface area (Å²) in [6, 6.07) is 0. The molecule has 1 aromatic heterocycles. The fourth-order valence-electron chi connectivity index (χ4n) is 0.768. The molecular weight excluding hydrogens is 152 g/mol. The third-order valence-corrected chi connectivity index (χ3v) is 1.22. The Labute approximate surface area is 62.8 Å². The van der Waals surface area contributed by atoms with Gasteiger partial charge in [0.1, 0.15) is 0 Å². The number of imidazole rings is 1. The maximum absolute atomic E-state index is 11.9. The van der Waals surface area contributed by atoms with E-state index >= 15 is 0 Å². The number of alkyl halides is 2. The second-order valence-electron chi connectivity index (χ2n) is 2.12. The number of nitrogens with one attached hydrogen (secondary N) is 2. The van der Waals surface area contributed by atoms with Crippen molar-refractivity contribution in [2.75, 3.05) is 7.05 Å². The van der Waals surface area contributed by atoms with Crippen molar-refractivity contribution in [3.8, 4) is 0 Å². The SMILES string of the molecule is CNCc1cnc(C(F)F)[nH]1. The van der Waals surface area contributed by atoms with Gasteiger partial charge in [0, 0.05) is 18.4 Å². The van der Waals surface area contributed by atoms with E-state index in [4.69, 9.17) is 0 Å². The number of nitrogens with zero attached hydrogens (tertiary/aromatic N) is 1. The molecule has 0 bridgehead atoms. The molecule has 2 N–H and O–H groups in total. The van der Waals surface area contributed by atoms with Crippen molar-refractivity contribution < 1.29 is 8.78 Å². The van der Waals surface area contributed by atoms with Crippen LogP contribution in [0.3, 0.4) is 0 Å². The molecule has 3 nitrogen and oxygen atoms in total. The van der Waals surface area contributed by atoms with Crippen LogP contribution in [0.25, 0.3) is 0 Å². The van der Waals surface area contributed by atoms with Gasteiger partial charge in [-0.2, -0.15) is 0 Å². The second-order valence-corrected chi connectivity index (χ2v) is 2.12. The average molecular weight is 161 g/mol. The van der Waals surface area contributed by atoms with E-state index in [0.29, 0.717) is 12.2 Å². The molecule has 0 atom stereocenters. The minimum atomic E-state index is -2.51. The van der Waals surface area contributed by atoms with Crippen molar-refractivity contribution in [3.63, 3.8) is 0 Å². The van der Waals surface area contributed by atoms with Gasteiger partial charge >= 0.3 is 0 Å². The smallest absolute Gasteiger partial charge is 0.295 e. The lowest BCUT2D eigenvalue weighted by Gasteiger charge is -1.93. The molecule has 0 spiro atoms. The van der Waals surface area contributed by atoms with E-state index in [1.807, 2.05) is 0 Å². The van der Waals surface area contributed by atoms with Crippen LogP contribution in [0.4, 0.5) is 8.78 Å². The van der Waals surface area contributed by atoms with E-state index in [9.17, 15) is 8.78 Å². The maximum Gasteiger partial charge on any atom is 0.295 e. The van der Waals surface area contributed by atoms with Crippen LogP contribution >= 0.6 is 0 Å². The largest absolute Gasteiger partial charge is 0.340 e. The third kappa shape index (κ3) is 1.98. The van der Waals surface area contributed by atoms with E-state index < -0.39 is 6.43 Å². The number of rotatable bonds is 3. The fourth-order valence-corrected chi connectivity index (χ4v) is 0.768. The highest BCUT2D eigenvalue weighted by Gasteiger charge is 2.10. The average Bonchev–Trinajstić information content (AvgIpc) is 2.37. The van der Waals surface area contributed by atoms with Crippen molar-refractivity contribution in [3.05, 3.63) is 17.7 Å². The van der Waals surface area contributed by atoms with Gasteiger partial charge in [0.25, 0.3) is 6.43 Å². The molecule has 0 saturated heterocycles. The van der Waals surface area contributed by atoms with Gasteiger partial charge in [-0.3, -0.25) is 0 Å². The second kappa shape index (κ2) is 3.43. The molecule has 0 aromatic carbocycles. The van der Waals surface area contributed by atoms with E-state index in [0.717, 1.165) is 0 Å². The molecule has 0 aliphatic carbocycles. The Morgan fingerprint density at radius 2 is 2.45 bits per heavy atom. The fraction of sp³-hybridized carbons (Fsp3) is 0.500. The first-order valence-corrected chi connectivity index (χ1v) is 3.20. The monoisotopic (exact) mass is 161 g/mol. The van der Waals surface area contributed by atoms with Crippen molar-refractivity contribution in [1.29, 1.82) is 0 Å². The standard InChI is InChI=1S/C6H9F2N3/c1-9-2-4-3-10-6(11-4)5(7)8/h3,5,9H,2H2,1H3,(H,10,11). The Kier molecular flexibility index (Phi) is 2.53. The normalized spacial score (nSPS) is 10.9. The van der Waals surface area contributed by atoms with Crippen LogP contribution in [0.15, 0.2) is 6.20 Å². The number of hydrogen-bond donors (Lipinski definition) is 2. The first-order chi connectivity index (χ1) is 5.24. The summed E-state index contributed by atoms with van der Waals surface area (Å²) in [5, 5.41) is 2.82. The van der Waals surface area contributed by atoms with Crippen molar-refractivity contribution in [2.24, 2.45) is 0 Å². The van der Waals surface area contributed by atoms with Crippen molar-refractivity contribution >= 4 is 0 Å². The molecule has 1 heterocycles. The van der Waals surface area contributed by atoms with Crippen LogP contribution in [0, 0.1) is 0 Å². The van der Waals surface area contributed by atoms with Crippen LogP contribution in [-0.2, 0) is 6.54 Å². The minimum absolute atomic E-state index is 0.268. The third-order valence-electron chi connectivity index (χ3n) is 1.22. The summed E-state index contributed by atoms with van der Waals surface area (Å²) in [6.07, 6.45) is -1.11. The van der Waals surface area contributed by atoms with Crippen LogP contribution < -0.4 is 5.32 Å². The summed E-state index contributed by atoms with van der Waals surface area (Å²) < 4.78 is 23.8. The van der Waals surface area contributed by atoms with Gasteiger partial charge in [-0.05, 0) is 7.05 Å². The molecule has 1 aromatic rings. The Morgan fingerprint density at radius 1 is 1.73 bits per heavy atom. The Balaban J connectivity index is 2.66. The maximum atomic E-state index is 11.9. The zero-order valence-electron chi connectivity index (χ0n) is 6.06. The number of aromatic nitrogens is 2. The lowest BCUT2D eigenvalue weighted by molar-refractivity contribution is 0.141. The Hall–Kier alpha value is -0.970. The minimum Gasteiger partial charge on any atom is -0.340 e. The first-order valence-electron chi connectivity index (χ1n) is 3.20. The topological polar surface area (TPSA) is 40.7 Å². The Bertz CT molecular complexity index is 221. The number of halogens is 2. The quantitative estimate of drug-likeness (QED) is 0.696. The lowest BCUT2D eigenvalue weighted by atomic mass is 10.5. The van der Waals surface area contributed by atoms with Crippen LogP contribution in [0.5, 0.6) is 0 Å². The molecule has 0 saturated carbocycles. The summed E-state index contributed by atoms with van der Waals surface area (Å²) in [5.41, 5.74) is 0.669. The zero-order chi connectivity index (χ0) is 8.27. The molecule has 62 valence electrons. The molecule has 1 rings (SSSR count). The highest BCUT2D eigenvalue weighted by atomic mass is 19.3. The zero-order valence-corrected chi connectivity index (χ0v) is 6.06. The number of aromatic amines is 1. The summed E-state index contributed by atoms with van der Waals surface area (Å²) in [5.74, 6) is -0.268. The molecule has 0 unspecified atom stereocenters. The first kappa shape index (κ1) is 8.13. The van der Waals surface area contributed by atoms with Crippen LogP contribution in [-0.4, -0.2) is 17.0 Å². The van der Waals surface area contributed by atoms with Crippen LogP contribution in [0.1, 0.15) is 17.9 Å². The van der Waals surface area contributed by atoms with Gasteiger partial charge in [0.15, 0.2) is 5.82 Å². The summed E-state index contributed by atoms with van der Waals surface area (Å²) in [6.45, 7) is 0.528. The molecule has 0 aliphatic heterocycles. The molecule has 11 heavy (non-hydrogen) atoms. The van der Waals surface area contributed by atoms with Gasteiger partial charge in [-0.1, -0.05) is 0 Å². The van der Waals surface area contributed by atoms with Gasteiger partial charge < -0.3 is 10.3 Å². The molecule has 0 radical (unpaired) electrons. The molecule has 5 heteroatoms. The highest BCUT2D eigenvalue weighted by Crippen LogP contribution is 2.13. The predicted octanol–water partition coefficient (Wildman–Crippen LogP) is 1.07. The summed E-state index contributed by atoms with van der Waals surface area (Å²) >= 11 is 0. The Morgan fingerprint density at radius 3 is 2.91 bits per heavy atom. The van der Waals surface area contributed by atoms with Gasteiger partial charge in [0.2, 0.25) is 0 Å². The predicted molar refractivity (Wildman–Crippen MR) is 36.3 cm³/mol. The van der Waals surface area contributed by atoms with Crippen molar-refractivity contribution in [1.82, 2.24) is 15.3 Å². The van der Waals surface area contributed by atoms with E-state index in [2.05, 4.69) is 15.3 Å². The van der Waals surface area contributed by atoms with E-state index in [1.54, 1.807) is 7.05 Å². The summed E-state index contributed by atoms with van der Waals surface area (Å²) in [4.78, 5) is 5.98. The molecule has 0 amide bonds. The van der Waals surface area contributed by atoms with Gasteiger partial charge in [0.05, 0.1) is 0 Å². The number of hydrogen-bond acceptors (Lipinski definition) is 2. The summed E-state index contributed by atoms with van der Waals surface area (Å²) in [7, 11) is 1.74. The molecule has 0 fully saturated rings. The highest BCUT2D eigenvalue weighted by molar-refractivity contribution is 5.01. The number of H-pyrrole nitrogens is 1. The van der Waals surface area contributed by atoms with Gasteiger partial charge in [-0.15, -0.1) is 0 Å². The lowest BCUT2D eigenvalue weighted by Crippen LogP contribution is -2.05. The molecule has 0 aliphatic rings. The van der Waals surface area contributed by atoms with E-state index in [-0.39, 0.29) is 5.82 Å². The van der Waals surface area contributed by atoms with E-state index in [1.165, 1.54) is 6.20 Å². The molecular formula is C6H9F2N3. The van der Waals surface area contributed by atoms with Crippen LogP contribution in [0.2, 0.25) is 0 Å². The van der Waals surface area contributed by atoms with Crippen molar-refractivity contribution in [2.45, 2.75) is 13.0 Å². The van der Waals surface area contributed by atoms with Gasteiger partial charge in [-0.25, -0.2) is 13.8 Å².